The van der Waals surface area contributed by atoms with Crippen LogP contribution in [0.3, 0.4) is 0 Å². The van der Waals surface area contributed by atoms with E-state index in [4.69, 9.17) is 0 Å². The zero-order chi connectivity index (χ0) is 23.5. The minimum atomic E-state index is -4.95. The molecule has 0 aliphatic heterocycles. The van der Waals surface area contributed by atoms with Crippen molar-refractivity contribution < 1.29 is 28.8 Å². The summed E-state index contributed by atoms with van der Waals surface area (Å²) in [5.41, 5.74) is 2.09. The van der Waals surface area contributed by atoms with Crippen molar-refractivity contribution in [3.8, 4) is 5.75 Å². The third kappa shape index (κ3) is 4.45. The van der Waals surface area contributed by atoms with Crippen LogP contribution in [-0.4, -0.2) is 20.9 Å². The normalized spacial score (nSPS) is 11.7. The molecule has 4 aromatic carbocycles. The van der Waals surface area contributed by atoms with Crippen molar-refractivity contribution in [2.24, 2.45) is 0 Å². The standard InChI is InChI=1S/C26H21O6P/c27-25(28)23-18-22(16-17-24(23)32-33(29,30)31)26(19-10-4-1-5-11-19,20-12-6-2-7-13-20)21-14-8-3-9-15-21/h1-18H,(H,27,28)(H2,29,30,31). The van der Waals surface area contributed by atoms with E-state index in [1.54, 1.807) is 6.07 Å². The molecule has 0 radical (unpaired) electrons. The van der Waals surface area contributed by atoms with Crippen molar-refractivity contribution >= 4 is 13.8 Å². The first-order valence-electron chi connectivity index (χ1n) is 10.1. The second-order valence-corrected chi connectivity index (χ2v) is 8.61. The largest absolute Gasteiger partial charge is 0.524 e. The van der Waals surface area contributed by atoms with Gasteiger partial charge >= 0.3 is 13.8 Å². The number of carbonyl (C=O) groups is 1. The molecule has 0 saturated carbocycles. The molecule has 0 heterocycles. The second kappa shape index (κ2) is 9.04. The van der Waals surface area contributed by atoms with Crippen LogP contribution in [0.1, 0.15) is 32.6 Å². The van der Waals surface area contributed by atoms with Gasteiger partial charge in [0.1, 0.15) is 11.3 Å². The summed E-state index contributed by atoms with van der Waals surface area (Å²) >= 11 is 0. The molecule has 7 heteroatoms. The Hall–Kier alpha value is -3.70. The van der Waals surface area contributed by atoms with E-state index in [1.165, 1.54) is 12.1 Å². The third-order valence-electron chi connectivity index (χ3n) is 5.48. The first-order valence-corrected chi connectivity index (χ1v) is 11.6. The molecule has 0 spiro atoms. The van der Waals surface area contributed by atoms with Gasteiger partial charge in [0, 0.05) is 0 Å². The van der Waals surface area contributed by atoms with E-state index >= 15 is 0 Å². The van der Waals surface area contributed by atoms with Gasteiger partial charge in [-0.2, -0.15) is 0 Å². The van der Waals surface area contributed by atoms with Gasteiger partial charge in [-0.25, -0.2) is 9.36 Å². The summed E-state index contributed by atoms with van der Waals surface area (Å²) in [6.45, 7) is 0. The molecule has 4 rings (SSSR count). The fourth-order valence-corrected chi connectivity index (χ4v) is 4.62. The molecule has 3 N–H and O–H groups in total. The summed E-state index contributed by atoms with van der Waals surface area (Å²) in [7, 11) is -4.95. The minimum Gasteiger partial charge on any atom is -0.478 e. The van der Waals surface area contributed by atoms with Crippen LogP contribution >= 0.6 is 7.82 Å². The molecule has 0 aliphatic carbocycles. The van der Waals surface area contributed by atoms with Crippen LogP contribution in [-0.2, 0) is 9.98 Å². The predicted molar refractivity (Wildman–Crippen MR) is 124 cm³/mol. The summed E-state index contributed by atoms with van der Waals surface area (Å²) in [5, 5.41) is 9.83. The van der Waals surface area contributed by atoms with Gasteiger partial charge in [0.2, 0.25) is 0 Å². The van der Waals surface area contributed by atoms with Crippen molar-refractivity contribution in [1.29, 1.82) is 0 Å². The lowest BCUT2D eigenvalue weighted by Gasteiger charge is -2.37. The molecule has 33 heavy (non-hydrogen) atoms. The van der Waals surface area contributed by atoms with Gasteiger partial charge in [-0.3, -0.25) is 9.79 Å². The average molecular weight is 460 g/mol. The van der Waals surface area contributed by atoms with Crippen LogP contribution in [0.25, 0.3) is 0 Å². The highest BCUT2D eigenvalue weighted by molar-refractivity contribution is 7.46. The lowest BCUT2D eigenvalue weighted by molar-refractivity contribution is 0.0694. The van der Waals surface area contributed by atoms with Crippen molar-refractivity contribution in [2.45, 2.75) is 5.41 Å². The molecular formula is C26H21O6P. The number of phosphoric ester groups is 1. The molecule has 0 unspecified atom stereocenters. The summed E-state index contributed by atoms with van der Waals surface area (Å²) < 4.78 is 16.1. The van der Waals surface area contributed by atoms with Crippen LogP contribution in [0.5, 0.6) is 5.75 Å². The van der Waals surface area contributed by atoms with E-state index in [1.807, 2.05) is 91.0 Å². The fraction of sp³-hybridized carbons (Fsp3) is 0.0385. The van der Waals surface area contributed by atoms with Crippen LogP contribution < -0.4 is 4.52 Å². The molecule has 4 aromatic rings. The number of rotatable bonds is 7. The number of hydrogen-bond donors (Lipinski definition) is 3. The van der Waals surface area contributed by atoms with Crippen LogP contribution in [0.4, 0.5) is 0 Å². The lowest BCUT2D eigenvalue weighted by Crippen LogP contribution is -2.31. The molecule has 0 atom stereocenters. The molecule has 166 valence electrons. The van der Waals surface area contributed by atoms with E-state index in [-0.39, 0.29) is 5.56 Å². The topological polar surface area (TPSA) is 104 Å². The number of carboxylic acid groups (broad SMARTS) is 1. The summed E-state index contributed by atoms with van der Waals surface area (Å²) in [5.74, 6) is -1.76. The quantitative estimate of drug-likeness (QED) is 0.257. The Morgan fingerprint density at radius 3 is 1.45 bits per heavy atom. The van der Waals surface area contributed by atoms with E-state index in [0.29, 0.717) is 5.56 Å². The highest BCUT2D eigenvalue weighted by atomic mass is 31.2. The van der Waals surface area contributed by atoms with Crippen LogP contribution in [0.15, 0.2) is 109 Å². The number of benzene rings is 4. The highest BCUT2D eigenvalue weighted by Crippen LogP contribution is 2.47. The van der Waals surface area contributed by atoms with E-state index < -0.39 is 25.0 Å². The molecule has 0 aliphatic rings. The van der Waals surface area contributed by atoms with Gasteiger partial charge < -0.3 is 9.63 Å². The Kier molecular flexibility index (Phi) is 6.16. The summed E-state index contributed by atoms with van der Waals surface area (Å²) in [6, 6.07) is 33.4. The SMILES string of the molecule is O=C(O)c1cc(C(c2ccccc2)(c2ccccc2)c2ccccc2)ccc1OP(=O)(O)O. The van der Waals surface area contributed by atoms with Gasteiger partial charge in [-0.05, 0) is 34.4 Å². The third-order valence-corrected chi connectivity index (χ3v) is 5.92. The van der Waals surface area contributed by atoms with Gasteiger partial charge in [0.05, 0.1) is 5.41 Å². The van der Waals surface area contributed by atoms with Crippen LogP contribution in [0.2, 0.25) is 0 Å². The first-order chi connectivity index (χ1) is 15.8. The predicted octanol–water partition coefficient (Wildman–Crippen LogP) is 5.24. The minimum absolute atomic E-state index is 0.344. The zero-order valence-corrected chi connectivity index (χ0v) is 18.3. The maximum Gasteiger partial charge on any atom is 0.524 e. The maximum atomic E-state index is 12.1. The molecule has 0 fully saturated rings. The van der Waals surface area contributed by atoms with E-state index in [9.17, 15) is 24.3 Å². The number of hydrogen-bond acceptors (Lipinski definition) is 3. The molecule has 6 nitrogen and oxygen atoms in total. The summed E-state index contributed by atoms with van der Waals surface area (Å²) in [6.07, 6.45) is 0. The Bertz CT molecular complexity index is 1200. The first kappa shape index (κ1) is 22.5. The van der Waals surface area contributed by atoms with E-state index in [0.717, 1.165) is 16.7 Å². The Morgan fingerprint density at radius 2 is 1.09 bits per heavy atom. The second-order valence-electron chi connectivity index (χ2n) is 7.45. The number of aromatic carboxylic acids is 1. The molecule has 0 bridgehead atoms. The van der Waals surface area contributed by atoms with Gasteiger partial charge in [-0.15, -0.1) is 0 Å². The lowest BCUT2D eigenvalue weighted by atomic mass is 9.65. The fourth-order valence-electron chi connectivity index (χ4n) is 4.20. The van der Waals surface area contributed by atoms with Gasteiger partial charge in [0.25, 0.3) is 0 Å². The van der Waals surface area contributed by atoms with Crippen molar-refractivity contribution in [3.05, 3.63) is 137 Å². The Balaban J connectivity index is 2.09. The molecule has 0 amide bonds. The summed E-state index contributed by atoms with van der Waals surface area (Å²) in [4.78, 5) is 30.5. The number of carboxylic acids is 1. The smallest absolute Gasteiger partial charge is 0.478 e. The van der Waals surface area contributed by atoms with E-state index in [2.05, 4.69) is 4.52 Å². The Morgan fingerprint density at radius 1 is 0.667 bits per heavy atom. The zero-order valence-electron chi connectivity index (χ0n) is 17.4. The number of phosphoric acid groups is 1. The molecule has 0 aromatic heterocycles. The van der Waals surface area contributed by atoms with Gasteiger partial charge in [-0.1, -0.05) is 97.1 Å². The Labute approximate surface area is 191 Å². The monoisotopic (exact) mass is 460 g/mol. The average Bonchev–Trinajstić information content (AvgIpc) is 2.81. The highest BCUT2D eigenvalue weighted by Gasteiger charge is 2.39. The molecular weight excluding hydrogens is 439 g/mol. The molecule has 0 saturated heterocycles. The van der Waals surface area contributed by atoms with Gasteiger partial charge in [0.15, 0.2) is 0 Å². The van der Waals surface area contributed by atoms with Crippen LogP contribution in [0, 0.1) is 0 Å². The van der Waals surface area contributed by atoms with Crippen molar-refractivity contribution in [2.75, 3.05) is 0 Å². The van der Waals surface area contributed by atoms with Crippen molar-refractivity contribution in [3.63, 3.8) is 0 Å². The van der Waals surface area contributed by atoms with Crippen molar-refractivity contribution in [1.82, 2.24) is 0 Å². The maximum absolute atomic E-state index is 12.1.